The van der Waals surface area contributed by atoms with E-state index in [0.717, 1.165) is 103 Å². The highest BCUT2D eigenvalue weighted by atomic mass is 31.2. The van der Waals surface area contributed by atoms with E-state index in [0.29, 0.717) is 20.0 Å². The lowest BCUT2D eigenvalue weighted by Crippen LogP contribution is -2.43. The van der Waals surface area contributed by atoms with E-state index in [4.69, 9.17) is 0 Å². The lowest BCUT2D eigenvalue weighted by molar-refractivity contribution is -0.252. The smallest absolute Gasteiger partial charge is 0.333 e. The van der Waals surface area contributed by atoms with Gasteiger partial charge < -0.3 is 69.7 Å². The Kier molecular flexibility index (Phi) is 42.8. The first-order valence-corrected chi connectivity index (χ1v) is 32.2. The molecule has 462 valence electrons. The Bertz CT molecular complexity index is 2760. The number of phosphoric ester groups is 5. The third kappa shape index (κ3) is 41.2. The summed E-state index contributed by atoms with van der Waals surface area (Å²) in [7, 11) is -16.4. The van der Waals surface area contributed by atoms with Gasteiger partial charge in [0.05, 0.1) is 19.8 Å². The summed E-state index contributed by atoms with van der Waals surface area (Å²) >= 11 is 0. The second-order valence-electron chi connectivity index (χ2n) is 15.9. The van der Waals surface area contributed by atoms with Crippen LogP contribution in [0.4, 0.5) is 17.6 Å². The van der Waals surface area contributed by atoms with Gasteiger partial charge >= 0.3 is 11.8 Å². The van der Waals surface area contributed by atoms with Crippen molar-refractivity contribution in [1.82, 2.24) is 0 Å². The molecule has 3 aromatic carbocycles. The van der Waals surface area contributed by atoms with Crippen molar-refractivity contribution < 1.29 is 110 Å². The first-order valence-electron chi connectivity index (χ1n) is 24.9. The summed E-state index contributed by atoms with van der Waals surface area (Å²) in [6.45, 7) is 7.09. The fraction of sp³-hybridized carbons (Fsp3) is 0.509. The van der Waals surface area contributed by atoms with Crippen LogP contribution in [0.5, 0.6) is 0 Å². The van der Waals surface area contributed by atoms with Crippen LogP contribution in [0.1, 0.15) is 113 Å². The normalized spacial score (nSPS) is 14.4. The molecule has 20 nitrogen and oxygen atoms in total. The summed E-state index contributed by atoms with van der Waals surface area (Å²) in [6.07, 6.45) is 6.60. The Hall–Kier alpha value is -3.83. The van der Waals surface area contributed by atoms with Gasteiger partial charge in [-0.05, 0) is 90.5 Å². The fourth-order valence-electron chi connectivity index (χ4n) is 4.97. The number of alkyl halides is 4. The number of aryl methyl sites for hydroxylation is 2. The van der Waals surface area contributed by atoms with E-state index in [1.807, 2.05) is 67.6 Å². The van der Waals surface area contributed by atoms with E-state index < -0.39 is 64.0 Å². The van der Waals surface area contributed by atoms with E-state index in [1.165, 1.54) is 11.1 Å². The van der Waals surface area contributed by atoms with Crippen LogP contribution in [0.3, 0.4) is 0 Å². The summed E-state index contributed by atoms with van der Waals surface area (Å²) < 4.78 is 146. The molecule has 0 heterocycles. The minimum Gasteiger partial charge on any atom is -0.756 e. The lowest BCUT2D eigenvalue weighted by Gasteiger charge is -2.28. The highest BCUT2D eigenvalue weighted by Gasteiger charge is 2.55. The summed E-state index contributed by atoms with van der Waals surface area (Å²) in [5, 5.41) is 0. The van der Waals surface area contributed by atoms with Crippen molar-refractivity contribution in [3.05, 3.63) is 106 Å². The Labute approximate surface area is 480 Å². The Morgan fingerprint density at radius 1 is 0.427 bits per heavy atom. The van der Waals surface area contributed by atoms with Crippen LogP contribution >= 0.6 is 39.1 Å². The molecule has 0 aliphatic carbocycles. The minimum atomic E-state index is -4.91. The van der Waals surface area contributed by atoms with Crippen LogP contribution < -0.4 is 24.5 Å². The van der Waals surface area contributed by atoms with Crippen LogP contribution in [0.2, 0.25) is 0 Å². The monoisotopic (exact) mass is 1260 g/mol. The first-order chi connectivity index (χ1) is 38.4. The third-order valence-corrected chi connectivity index (χ3v) is 14.2. The zero-order valence-corrected chi connectivity index (χ0v) is 51.9. The van der Waals surface area contributed by atoms with Crippen molar-refractivity contribution in [2.75, 3.05) is 62.0 Å². The van der Waals surface area contributed by atoms with E-state index in [1.54, 1.807) is 0 Å². The van der Waals surface area contributed by atoms with Crippen molar-refractivity contribution in [2.45, 2.75) is 117 Å². The van der Waals surface area contributed by atoms with Gasteiger partial charge in [-0.15, -0.1) is 0 Å². The minimum absolute atomic E-state index is 0.0117. The van der Waals surface area contributed by atoms with Crippen molar-refractivity contribution in [3.63, 3.8) is 0 Å². The molecule has 0 aliphatic rings. The number of benzene rings is 3. The highest BCUT2D eigenvalue weighted by molar-refractivity contribution is 7.46. The SMILES string of the molecule is CCC(F)(F)C(F)(F)COP(=O)([O-])OC.CCCC#CC#CCOP(=O)([O-])OC.CCCC#Cc1ccc(C#CCCOP(=O)([O-])OC)cc1.CCCc1ccc(CCOP(=O)([O-])OC)cc1.CCc1ccc(COP(=O)([O-])OC)cc1. The van der Waals surface area contributed by atoms with Crippen LogP contribution in [0, 0.1) is 47.4 Å². The van der Waals surface area contributed by atoms with Gasteiger partial charge in [0.2, 0.25) is 0 Å². The number of hydrogen-bond acceptors (Lipinski definition) is 20. The number of phosphoric acid groups is 5. The topological polar surface area (TPSA) is 293 Å². The van der Waals surface area contributed by atoms with E-state index in [2.05, 4.69) is 126 Å². The summed E-state index contributed by atoms with van der Waals surface area (Å²) in [6, 6.07) is 23.3. The number of halogens is 4. The Morgan fingerprint density at radius 2 is 0.817 bits per heavy atom. The molecular formula is C53H72F4O20P5-5. The highest BCUT2D eigenvalue weighted by Crippen LogP contribution is 2.44. The quantitative estimate of drug-likeness (QED) is 0.0297. The molecule has 3 rings (SSSR count). The van der Waals surface area contributed by atoms with Crippen molar-refractivity contribution in [1.29, 1.82) is 0 Å². The maximum Gasteiger partial charge on any atom is 0.333 e. The molecule has 0 N–H and O–H groups in total. The second kappa shape index (κ2) is 43.7. The molecule has 82 heavy (non-hydrogen) atoms. The largest absolute Gasteiger partial charge is 0.756 e. The molecule has 0 spiro atoms. The molecule has 0 saturated carbocycles. The Balaban J connectivity index is 0. The zero-order valence-electron chi connectivity index (χ0n) is 47.4. The van der Waals surface area contributed by atoms with E-state index in [9.17, 15) is 64.9 Å². The van der Waals surface area contributed by atoms with Gasteiger partial charge in [-0.1, -0.05) is 125 Å². The first kappa shape index (κ1) is 80.2. The van der Waals surface area contributed by atoms with Crippen LogP contribution in [0.15, 0.2) is 72.8 Å². The molecule has 5 atom stereocenters. The second-order valence-corrected chi connectivity index (χ2v) is 23.5. The van der Waals surface area contributed by atoms with Crippen LogP contribution in [-0.2, 0) is 93.9 Å². The molecule has 0 fully saturated rings. The Morgan fingerprint density at radius 3 is 1.27 bits per heavy atom. The standard InChI is InChI=1S/C16H19O4P.C12H19O4P.C10H15O4P.C9H13O4P.C6H11F4O4P/c1-3-4-5-8-15-10-12-16(13-11-15)9-6-7-14-20-21(17,18)19-2;1-3-4-11-5-7-12(8-6-11)9-10-16-17(13,14)15-2;1-3-9-4-6-10(7-5-9)8-14-15(11,12)13-2;1-3-4-5-6-7-8-9-13-14(10,11)12-2;1-3-5(7,8)6(9,10)4-14-15(11,12)13-2/h10-13H,3-4,7,14H2,1-2H3,(H,17,18);5-8H,3-4,9-10H2,1-2H3,(H,13,14);4-7H,3,8H2,1-2H3,(H,11,12);3-4,9H2,1-2H3,(H,10,11);3-4H2,1-2H3,(H,11,12)/p-5. The molecule has 0 amide bonds. The predicted octanol–water partition coefficient (Wildman–Crippen LogP) is 9.63. The lowest BCUT2D eigenvalue weighted by atomic mass is 10.1. The van der Waals surface area contributed by atoms with Crippen molar-refractivity contribution in [3.8, 4) is 47.4 Å². The molecule has 0 aliphatic heterocycles. The molecule has 3 aromatic rings. The van der Waals surface area contributed by atoms with E-state index in [-0.39, 0.29) is 26.4 Å². The predicted molar refractivity (Wildman–Crippen MR) is 292 cm³/mol. The zero-order chi connectivity index (χ0) is 62.8. The van der Waals surface area contributed by atoms with Gasteiger partial charge in [0.25, 0.3) is 39.1 Å². The number of unbranched alkanes of at least 4 members (excludes halogenated alkanes) is 2. The fourth-order valence-corrected chi connectivity index (χ4v) is 6.98. The van der Waals surface area contributed by atoms with Crippen molar-refractivity contribution >= 4 is 39.1 Å². The van der Waals surface area contributed by atoms with Gasteiger partial charge in [0.1, 0.15) is 13.2 Å². The number of rotatable bonds is 27. The van der Waals surface area contributed by atoms with Crippen molar-refractivity contribution in [2.24, 2.45) is 0 Å². The number of hydrogen-bond donors (Lipinski definition) is 0. The summed E-state index contributed by atoms with van der Waals surface area (Å²) in [5.74, 6) is 13.3. The molecule has 0 aromatic heterocycles. The van der Waals surface area contributed by atoms with Gasteiger partial charge in [0.15, 0.2) is 0 Å². The molecule has 29 heteroatoms. The summed E-state index contributed by atoms with van der Waals surface area (Å²) in [4.78, 5) is 53.8. The van der Waals surface area contributed by atoms with Crippen LogP contribution in [-0.4, -0.2) is 73.8 Å². The van der Waals surface area contributed by atoms with Crippen LogP contribution in [0.25, 0.3) is 0 Å². The maximum atomic E-state index is 12.7. The van der Waals surface area contributed by atoms with E-state index >= 15 is 0 Å². The molecule has 0 bridgehead atoms. The molecule has 0 radical (unpaired) electrons. The maximum absolute atomic E-state index is 12.7. The summed E-state index contributed by atoms with van der Waals surface area (Å²) in [5.41, 5.74) is 6.18. The van der Waals surface area contributed by atoms with Gasteiger partial charge in [-0.25, -0.2) is 0 Å². The molecule has 5 unspecified atom stereocenters. The molecule has 0 saturated heterocycles. The molecular weight excluding hydrogens is 1190 g/mol. The third-order valence-electron chi connectivity index (χ3n) is 9.63. The van der Waals surface area contributed by atoms with Gasteiger partial charge in [-0.3, -0.25) is 22.8 Å². The van der Waals surface area contributed by atoms with Gasteiger partial charge in [0, 0.05) is 72.4 Å². The average Bonchev–Trinajstić information content (AvgIpc) is 3.56. The average molecular weight is 1260 g/mol. The van der Waals surface area contributed by atoms with Gasteiger partial charge in [-0.2, -0.15) is 17.6 Å².